The zero-order valence-corrected chi connectivity index (χ0v) is 12.5. The first-order chi connectivity index (χ1) is 9.47. The Labute approximate surface area is 120 Å². The van der Waals surface area contributed by atoms with E-state index in [1.165, 1.54) is 0 Å². The fraction of sp³-hybridized carbons (Fsp3) is 0.857. The lowest BCUT2D eigenvalue weighted by Crippen LogP contribution is -2.44. The van der Waals surface area contributed by atoms with Crippen molar-refractivity contribution < 1.29 is 24.2 Å². The average molecular weight is 287 g/mol. The van der Waals surface area contributed by atoms with E-state index in [0.717, 1.165) is 12.8 Å². The zero-order valence-electron chi connectivity index (χ0n) is 12.5. The highest BCUT2D eigenvalue weighted by Crippen LogP contribution is 2.28. The van der Waals surface area contributed by atoms with Gasteiger partial charge < -0.3 is 19.5 Å². The third-order valence-corrected chi connectivity index (χ3v) is 3.31. The highest BCUT2D eigenvalue weighted by molar-refractivity contribution is 5.82. The van der Waals surface area contributed by atoms with Crippen LogP contribution in [0.15, 0.2) is 0 Å². The number of nitrogens with zero attached hydrogens (tertiary/aromatic N) is 1. The third-order valence-electron chi connectivity index (χ3n) is 3.31. The number of ether oxygens (including phenoxy) is 2. The maximum Gasteiger partial charge on any atom is 0.308 e. The summed E-state index contributed by atoms with van der Waals surface area (Å²) in [6.45, 7) is 6.92. The van der Waals surface area contributed by atoms with Gasteiger partial charge in [-0.15, -0.1) is 0 Å². The highest BCUT2D eigenvalue weighted by Gasteiger charge is 2.36. The quantitative estimate of drug-likeness (QED) is 0.610. The standard InChI is InChI=1S/C14H25NO5/c1-4-19-7-8-20-11(3)13(16)15(12-5-6-12)9-10(2)14(17)18/h10-12H,4-9H2,1-3H3,(H,17,18). The molecule has 1 fully saturated rings. The number of hydrogen-bond donors (Lipinski definition) is 1. The molecule has 1 saturated carbocycles. The Kier molecular flexibility index (Phi) is 6.95. The number of rotatable bonds is 10. The van der Waals surface area contributed by atoms with Gasteiger partial charge in [0, 0.05) is 19.2 Å². The fourth-order valence-electron chi connectivity index (χ4n) is 1.91. The van der Waals surface area contributed by atoms with Gasteiger partial charge in [-0.3, -0.25) is 9.59 Å². The molecule has 0 spiro atoms. The molecule has 2 unspecified atom stereocenters. The van der Waals surface area contributed by atoms with E-state index < -0.39 is 18.0 Å². The molecular weight excluding hydrogens is 262 g/mol. The van der Waals surface area contributed by atoms with Crippen molar-refractivity contribution in [1.82, 2.24) is 4.90 Å². The lowest BCUT2D eigenvalue weighted by atomic mass is 10.1. The van der Waals surface area contributed by atoms with Crippen molar-refractivity contribution in [1.29, 1.82) is 0 Å². The van der Waals surface area contributed by atoms with Crippen LogP contribution in [0.25, 0.3) is 0 Å². The predicted octanol–water partition coefficient (Wildman–Crippen LogP) is 1.14. The first-order valence-electron chi connectivity index (χ1n) is 7.20. The summed E-state index contributed by atoms with van der Waals surface area (Å²) in [5.74, 6) is -1.57. The number of carbonyl (C=O) groups excluding carboxylic acids is 1. The summed E-state index contributed by atoms with van der Waals surface area (Å²) in [4.78, 5) is 24.9. The molecule has 20 heavy (non-hydrogen) atoms. The molecule has 1 aliphatic carbocycles. The first-order valence-corrected chi connectivity index (χ1v) is 7.20. The molecular formula is C14H25NO5. The summed E-state index contributed by atoms with van der Waals surface area (Å²) in [7, 11) is 0. The van der Waals surface area contributed by atoms with E-state index >= 15 is 0 Å². The number of carbonyl (C=O) groups is 2. The molecule has 6 nitrogen and oxygen atoms in total. The van der Waals surface area contributed by atoms with Crippen molar-refractivity contribution in [2.75, 3.05) is 26.4 Å². The summed E-state index contributed by atoms with van der Waals surface area (Å²) < 4.78 is 10.6. The molecule has 0 radical (unpaired) electrons. The monoisotopic (exact) mass is 287 g/mol. The van der Waals surface area contributed by atoms with Crippen molar-refractivity contribution >= 4 is 11.9 Å². The Bertz CT molecular complexity index is 330. The summed E-state index contributed by atoms with van der Waals surface area (Å²) in [6.07, 6.45) is 1.34. The highest BCUT2D eigenvalue weighted by atomic mass is 16.5. The molecule has 0 aromatic heterocycles. The Morgan fingerprint density at radius 1 is 1.30 bits per heavy atom. The molecule has 0 bridgehead atoms. The van der Waals surface area contributed by atoms with E-state index in [1.807, 2.05) is 6.92 Å². The summed E-state index contributed by atoms with van der Waals surface area (Å²) >= 11 is 0. The molecule has 6 heteroatoms. The fourth-order valence-corrected chi connectivity index (χ4v) is 1.91. The molecule has 1 rings (SSSR count). The van der Waals surface area contributed by atoms with Gasteiger partial charge in [-0.2, -0.15) is 0 Å². The van der Waals surface area contributed by atoms with Crippen LogP contribution in [0.4, 0.5) is 0 Å². The second kappa shape index (κ2) is 8.21. The van der Waals surface area contributed by atoms with Crippen molar-refractivity contribution in [2.24, 2.45) is 5.92 Å². The van der Waals surface area contributed by atoms with Crippen LogP contribution in [-0.4, -0.2) is 60.4 Å². The molecule has 116 valence electrons. The van der Waals surface area contributed by atoms with Gasteiger partial charge in [0.05, 0.1) is 19.1 Å². The molecule has 0 aromatic rings. The van der Waals surface area contributed by atoms with Gasteiger partial charge in [-0.25, -0.2) is 0 Å². The third kappa shape index (κ3) is 5.46. The van der Waals surface area contributed by atoms with Gasteiger partial charge in [-0.1, -0.05) is 6.92 Å². The van der Waals surface area contributed by atoms with Gasteiger partial charge in [0.2, 0.25) is 0 Å². The predicted molar refractivity (Wildman–Crippen MR) is 73.4 cm³/mol. The van der Waals surface area contributed by atoms with Crippen LogP contribution in [0.5, 0.6) is 0 Å². The van der Waals surface area contributed by atoms with E-state index in [9.17, 15) is 9.59 Å². The normalized spacial score (nSPS) is 17.6. The second-order valence-electron chi connectivity index (χ2n) is 5.17. The molecule has 1 amide bonds. The maximum atomic E-state index is 12.3. The number of hydrogen-bond acceptors (Lipinski definition) is 4. The number of aliphatic carboxylic acids is 1. The molecule has 0 aromatic carbocycles. The molecule has 0 heterocycles. The Balaban J connectivity index is 2.44. The van der Waals surface area contributed by atoms with E-state index in [0.29, 0.717) is 19.8 Å². The van der Waals surface area contributed by atoms with Crippen LogP contribution in [-0.2, 0) is 19.1 Å². The van der Waals surface area contributed by atoms with Crippen molar-refractivity contribution in [2.45, 2.75) is 45.8 Å². The van der Waals surface area contributed by atoms with Crippen LogP contribution in [0.1, 0.15) is 33.6 Å². The van der Waals surface area contributed by atoms with Gasteiger partial charge >= 0.3 is 5.97 Å². The van der Waals surface area contributed by atoms with Crippen molar-refractivity contribution in [3.8, 4) is 0 Å². The van der Waals surface area contributed by atoms with E-state index in [4.69, 9.17) is 14.6 Å². The number of carboxylic acid groups (broad SMARTS) is 1. The Morgan fingerprint density at radius 2 is 1.95 bits per heavy atom. The minimum absolute atomic E-state index is 0.128. The zero-order chi connectivity index (χ0) is 15.1. The van der Waals surface area contributed by atoms with E-state index in [2.05, 4.69) is 0 Å². The van der Waals surface area contributed by atoms with Crippen LogP contribution >= 0.6 is 0 Å². The van der Waals surface area contributed by atoms with E-state index in [1.54, 1.807) is 18.7 Å². The van der Waals surface area contributed by atoms with Crippen molar-refractivity contribution in [3.05, 3.63) is 0 Å². The van der Waals surface area contributed by atoms with Gasteiger partial charge in [0.15, 0.2) is 0 Å². The smallest absolute Gasteiger partial charge is 0.308 e. The van der Waals surface area contributed by atoms with Gasteiger partial charge in [-0.05, 0) is 26.7 Å². The van der Waals surface area contributed by atoms with Crippen LogP contribution in [0.3, 0.4) is 0 Å². The SMILES string of the molecule is CCOCCOC(C)C(=O)N(CC(C)C(=O)O)C1CC1. The largest absolute Gasteiger partial charge is 0.481 e. The van der Waals surface area contributed by atoms with Crippen molar-refractivity contribution in [3.63, 3.8) is 0 Å². The Hall–Kier alpha value is -1.14. The summed E-state index contributed by atoms with van der Waals surface area (Å²) in [5, 5.41) is 8.97. The minimum Gasteiger partial charge on any atom is -0.481 e. The Morgan fingerprint density at radius 3 is 2.45 bits per heavy atom. The van der Waals surface area contributed by atoms with Crippen LogP contribution in [0.2, 0.25) is 0 Å². The molecule has 1 N–H and O–H groups in total. The first kappa shape index (κ1) is 16.9. The topological polar surface area (TPSA) is 76.1 Å². The second-order valence-corrected chi connectivity index (χ2v) is 5.17. The van der Waals surface area contributed by atoms with Crippen LogP contribution < -0.4 is 0 Å². The molecule has 2 atom stereocenters. The van der Waals surface area contributed by atoms with Gasteiger partial charge in [0.1, 0.15) is 6.10 Å². The lowest BCUT2D eigenvalue weighted by molar-refractivity contribution is -0.148. The minimum atomic E-state index is -0.881. The van der Waals surface area contributed by atoms with Gasteiger partial charge in [0.25, 0.3) is 5.91 Å². The molecule has 0 aliphatic heterocycles. The van der Waals surface area contributed by atoms with Crippen LogP contribution in [0, 0.1) is 5.92 Å². The summed E-state index contributed by atoms with van der Waals surface area (Å²) in [5.41, 5.74) is 0. The number of carboxylic acids is 1. The maximum absolute atomic E-state index is 12.3. The number of amides is 1. The average Bonchev–Trinajstić information content (AvgIpc) is 3.23. The molecule has 1 aliphatic rings. The van der Waals surface area contributed by atoms with E-state index in [-0.39, 0.29) is 18.5 Å². The summed E-state index contributed by atoms with van der Waals surface area (Å²) in [6, 6.07) is 0.183. The molecule has 0 saturated heterocycles. The lowest BCUT2D eigenvalue weighted by Gasteiger charge is -2.27.